The van der Waals surface area contributed by atoms with E-state index in [0.29, 0.717) is 19.1 Å². The lowest BCUT2D eigenvalue weighted by Gasteiger charge is -2.24. The molecule has 0 saturated heterocycles. The Morgan fingerprint density at radius 2 is 2.14 bits per heavy atom. The predicted octanol–water partition coefficient (Wildman–Crippen LogP) is 3.56. The highest BCUT2D eigenvalue weighted by Crippen LogP contribution is 2.19. The van der Waals surface area contributed by atoms with Crippen LogP contribution in [0.25, 0.3) is 0 Å². The minimum absolute atomic E-state index is 0.254. The highest BCUT2D eigenvalue weighted by Gasteiger charge is 2.18. The number of esters is 1. The lowest BCUT2D eigenvalue weighted by atomic mass is 9.95. The molecular formula is C16H23NO3S. The highest BCUT2D eigenvalue weighted by molar-refractivity contribution is 7.80. The van der Waals surface area contributed by atoms with Crippen LogP contribution in [0.4, 0.5) is 0 Å². The van der Waals surface area contributed by atoms with Crippen molar-refractivity contribution < 1.29 is 13.9 Å². The molecule has 5 heteroatoms. The Hall–Kier alpha value is -1.36. The molecule has 1 aliphatic carbocycles. The minimum Gasteiger partial charge on any atom is -0.460 e. The number of ether oxygens (including phenoxy) is 1. The number of carbonyl (C=O) groups excluding carboxylic acids is 1. The maximum absolute atomic E-state index is 11.6. The molecule has 1 aromatic heterocycles. The summed E-state index contributed by atoms with van der Waals surface area (Å²) in [4.78, 5) is 12.5. The zero-order chi connectivity index (χ0) is 15.2. The average Bonchev–Trinajstić information content (AvgIpc) is 2.81. The fourth-order valence-electron chi connectivity index (χ4n) is 2.70. The monoisotopic (exact) mass is 309 g/mol. The second-order valence-corrected chi connectivity index (χ2v) is 5.98. The molecule has 0 bridgehead atoms. The molecule has 0 radical (unpaired) electrons. The van der Waals surface area contributed by atoms with E-state index in [1.165, 1.54) is 32.1 Å². The summed E-state index contributed by atoms with van der Waals surface area (Å²) in [7, 11) is 0. The first-order valence-electron chi connectivity index (χ1n) is 7.66. The van der Waals surface area contributed by atoms with E-state index in [4.69, 9.17) is 21.4 Å². The van der Waals surface area contributed by atoms with Crippen molar-refractivity contribution in [1.29, 1.82) is 0 Å². The minimum atomic E-state index is -0.419. The zero-order valence-corrected chi connectivity index (χ0v) is 13.6. The van der Waals surface area contributed by atoms with Crippen molar-refractivity contribution in [3.05, 3.63) is 23.2 Å². The van der Waals surface area contributed by atoms with Crippen LogP contribution in [-0.4, -0.2) is 23.6 Å². The van der Waals surface area contributed by atoms with Gasteiger partial charge in [0.25, 0.3) is 0 Å². The van der Waals surface area contributed by atoms with Crippen LogP contribution in [0.15, 0.2) is 10.5 Å². The molecule has 0 atom stereocenters. The molecule has 2 rings (SSSR count). The van der Waals surface area contributed by atoms with Gasteiger partial charge in [0.05, 0.1) is 11.6 Å². The molecule has 0 spiro atoms. The van der Waals surface area contributed by atoms with E-state index in [2.05, 4.69) is 5.32 Å². The van der Waals surface area contributed by atoms with E-state index in [1.54, 1.807) is 13.0 Å². The van der Waals surface area contributed by atoms with Crippen LogP contribution in [0, 0.1) is 6.92 Å². The quantitative estimate of drug-likeness (QED) is 0.666. The van der Waals surface area contributed by atoms with E-state index in [-0.39, 0.29) is 5.76 Å². The maximum atomic E-state index is 11.6. The molecular weight excluding hydrogens is 286 g/mol. The molecule has 1 N–H and O–H groups in total. The van der Waals surface area contributed by atoms with Gasteiger partial charge in [-0.3, -0.25) is 0 Å². The van der Waals surface area contributed by atoms with Gasteiger partial charge in [0.2, 0.25) is 5.76 Å². The van der Waals surface area contributed by atoms with Crippen LogP contribution >= 0.6 is 12.2 Å². The van der Waals surface area contributed by atoms with Crippen LogP contribution in [0.5, 0.6) is 0 Å². The Bertz CT molecular complexity index is 504. The van der Waals surface area contributed by atoms with Crippen molar-refractivity contribution in [3.8, 4) is 0 Å². The number of nitrogens with one attached hydrogen (secondary N) is 1. The molecule has 21 heavy (non-hydrogen) atoms. The fraction of sp³-hybridized carbons (Fsp3) is 0.625. The summed E-state index contributed by atoms with van der Waals surface area (Å²) < 4.78 is 10.4. The fourth-order valence-corrected chi connectivity index (χ4v) is 3.02. The third kappa shape index (κ3) is 4.56. The third-order valence-electron chi connectivity index (χ3n) is 3.82. The molecule has 1 heterocycles. The van der Waals surface area contributed by atoms with Gasteiger partial charge < -0.3 is 14.5 Å². The van der Waals surface area contributed by atoms with Crippen LogP contribution in [-0.2, 0) is 11.2 Å². The van der Waals surface area contributed by atoms with Crippen LogP contribution in [0.1, 0.15) is 60.9 Å². The number of rotatable bonds is 5. The largest absolute Gasteiger partial charge is 0.460 e. The van der Waals surface area contributed by atoms with Gasteiger partial charge in [-0.25, -0.2) is 4.79 Å². The summed E-state index contributed by atoms with van der Waals surface area (Å²) in [6.07, 6.45) is 6.88. The van der Waals surface area contributed by atoms with Crippen molar-refractivity contribution in [2.45, 2.75) is 58.4 Å². The second-order valence-electron chi connectivity index (χ2n) is 5.49. The predicted molar refractivity (Wildman–Crippen MR) is 85.7 cm³/mol. The van der Waals surface area contributed by atoms with Gasteiger partial charge in [0.1, 0.15) is 5.76 Å². The maximum Gasteiger partial charge on any atom is 0.374 e. The van der Waals surface area contributed by atoms with E-state index < -0.39 is 5.97 Å². The molecule has 1 aromatic rings. The van der Waals surface area contributed by atoms with Crippen molar-refractivity contribution >= 4 is 23.2 Å². The number of aryl methyl sites for hydroxylation is 1. The molecule has 0 aliphatic heterocycles. The van der Waals surface area contributed by atoms with E-state index in [0.717, 1.165) is 16.3 Å². The Morgan fingerprint density at radius 3 is 2.81 bits per heavy atom. The first-order valence-corrected chi connectivity index (χ1v) is 8.06. The van der Waals surface area contributed by atoms with Gasteiger partial charge in [-0.05, 0) is 32.8 Å². The number of hydrogen-bond donors (Lipinski definition) is 1. The van der Waals surface area contributed by atoms with Gasteiger partial charge in [-0.1, -0.05) is 31.5 Å². The smallest absolute Gasteiger partial charge is 0.374 e. The molecule has 116 valence electrons. The number of carbonyl (C=O) groups is 1. The summed E-state index contributed by atoms with van der Waals surface area (Å²) in [5, 5.41) is 3.43. The Balaban J connectivity index is 1.92. The second kappa shape index (κ2) is 7.59. The summed E-state index contributed by atoms with van der Waals surface area (Å²) in [5.41, 5.74) is 0.950. The number of furan rings is 1. The Labute approximate surface area is 131 Å². The van der Waals surface area contributed by atoms with Gasteiger partial charge in [-0.15, -0.1) is 0 Å². The molecule has 1 saturated carbocycles. The molecule has 4 nitrogen and oxygen atoms in total. The first kappa shape index (κ1) is 16.0. The van der Waals surface area contributed by atoms with Crippen molar-refractivity contribution in [2.75, 3.05) is 6.61 Å². The summed E-state index contributed by atoms with van der Waals surface area (Å²) in [5.74, 6) is 0.564. The van der Waals surface area contributed by atoms with Gasteiger partial charge in [0, 0.05) is 18.0 Å². The Morgan fingerprint density at radius 1 is 1.43 bits per heavy atom. The average molecular weight is 309 g/mol. The SMILES string of the molecule is CCOC(=O)c1cc(CC(=S)NC2CCCCC2)c(C)o1. The van der Waals surface area contributed by atoms with Crippen molar-refractivity contribution in [1.82, 2.24) is 5.32 Å². The molecule has 0 amide bonds. The van der Waals surface area contributed by atoms with Gasteiger partial charge in [-0.2, -0.15) is 0 Å². The van der Waals surface area contributed by atoms with Crippen LogP contribution < -0.4 is 5.32 Å². The van der Waals surface area contributed by atoms with E-state index in [1.807, 2.05) is 6.92 Å². The normalized spacial score (nSPS) is 15.7. The van der Waals surface area contributed by atoms with Crippen molar-refractivity contribution in [3.63, 3.8) is 0 Å². The lowest BCUT2D eigenvalue weighted by Crippen LogP contribution is -2.36. The molecule has 0 unspecified atom stereocenters. The molecule has 0 aromatic carbocycles. The zero-order valence-electron chi connectivity index (χ0n) is 12.7. The third-order valence-corrected chi connectivity index (χ3v) is 4.08. The highest BCUT2D eigenvalue weighted by atomic mass is 32.1. The summed E-state index contributed by atoms with van der Waals surface area (Å²) in [6.45, 7) is 3.97. The number of thiocarbonyl (C=S) groups is 1. The first-order chi connectivity index (χ1) is 10.1. The molecule has 1 aliphatic rings. The standard InChI is InChI=1S/C16H23NO3S/c1-3-19-16(18)14-9-12(11(2)20-14)10-15(21)17-13-7-5-4-6-8-13/h9,13H,3-8,10H2,1-2H3,(H,17,21). The molecule has 1 fully saturated rings. The van der Waals surface area contributed by atoms with Gasteiger partial charge in [0.15, 0.2) is 0 Å². The van der Waals surface area contributed by atoms with Crippen LogP contribution in [0.3, 0.4) is 0 Å². The number of hydrogen-bond acceptors (Lipinski definition) is 4. The van der Waals surface area contributed by atoms with Gasteiger partial charge >= 0.3 is 5.97 Å². The van der Waals surface area contributed by atoms with E-state index >= 15 is 0 Å². The Kier molecular flexibility index (Phi) is 5.79. The summed E-state index contributed by atoms with van der Waals surface area (Å²) >= 11 is 5.43. The van der Waals surface area contributed by atoms with Crippen LogP contribution in [0.2, 0.25) is 0 Å². The van der Waals surface area contributed by atoms with Crippen molar-refractivity contribution in [2.24, 2.45) is 0 Å². The lowest BCUT2D eigenvalue weighted by molar-refractivity contribution is 0.0488. The van der Waals surface area contributed by atoms with E-state index in [9.17, 15) is 4.79 Å². The topological polar surface area (TPSA) is 51.5 Å². The summed E-state index contributed by atoms with van der Waals surface area (Å²) in [6, 6.07) is 2.24.